The Balaban J connectivity index is 1.88. The lowest BCUT2D eigenvalue weighted by Gasteiger charge is -2.27. The van der Waals surface area contributed by atoms with Crippen molar-refractivity contribution in [3.05, 3.63) is 33.8 Å². The highest BCUT2D eigenvalue weighted by Crippen LogP contribution is 2.31. The highest BCUT2D eigenvalue weighted by Gasteiger charge is 2.33. The second-order valence-corrected chi connectivity index (χ2v) is 5.96. The minimum absolute atomic E-state index is 0.0631. The summed E-state index contributed by atoms with van der Waals surface area (Å²) in [7, 11) is 0. The molecule has 2 rings (SSSR count). The fourth-order valence-electron chi connectivity index (χ4n) is 2.44. The Morgan fingerprint density at radius 1 is 1.37 bits per heavy atom. The third-order valence-electron chi connectivity index (χ3n) is 3.66. The van der Waals surface area contributed by atoms with Crippen LogP contribution in [0.2, 0.25) is 10.0 Å². The molecular weight excluding hydrogens is 285 g/mol. The second-order valence-electron chi connectivity index (χ2n) is 5.12. The predicted octanol–water partition coefficient (Wildman–Crippen LogP) is 2.87. The molecule has 0 bridgehead atoms. The number of hydrogen-bond acceptors (Lipinski definition) is 3. The first-order chi connectivity index (χ1) is 9.15. The maximum atomic E-state index is 9.16. The van der Waals surface area contributed by atoms with Gasteiger partial charge in [0.05, 0.1) is 6.61 Å². The topological polar surface area (TPSA) is 41.5 Å². The number of nitrogens with one attached hydrogen (secondary N) is 1. The summed E-state index contributed by atoms with van der Waals surface area (Å²) in [5.74, 6) is 0. The SMILES string of the molecule is OCCC1(CNCc2ccc(Cl)cc2Cl)CCOC1. The van der Waals surface area contributed by atoms with Crippen molar-refractivity contribution in [3.8, 4) is 0 Å². The lowest BCUT2D eigenvalue weighted by Crippen LogP contribution is -2.35. The van der Waals surface area contributed by atoms with Gasteiger partial charge in [-0.2, -0.15) is 0 Å². The fraction of sp³-hybridized carbons (Fsp3) is 0.571. The lowest BCUT2D eigenvalue weighted by molar-refractivity contribution is 0.124. The minimum atomic E-state index is 0.0631. The van der Waals surface area contributed by atoms with Gasteiger partial charge in [-0.3, -0.25) is 0 Å². The van der Waals surface area contributed by atoms with Crippen LogP contribution < -0.4 is 5.32 Å². The first-order valence-electron chi connectivity index (χ1n) is 6.48. The Morgan fingerprint density at radius 2 is 2.21 bits per heavy atom. The first-order valence-corrected chi connectivity index (χ1v) is 7.24. The highest BCUT2D eigenvalue weighted by atomic mass is 35.5. The van der Waals surface area contributed by atoms with Crippen molar-refractivity contribution in [2.75, 3.05) is 26.4 Å². The van der Waals surface area contributed by atoms with E-state index < -0.39 is 0 Å². The molecule has 2 N–H and O–H groups in total. The van der Waals surface area contributed by atoms with Gasteiger partial charge in [-0.15, -0.1) is 0 Å². The predicted molar refractivity (Wildman–Crippen MR) is 77.7 cm³/mol. The van der Waals surface area contributed by atoms with E-state index in [1.807, 2.05) is 12.1 Å². The summed E-state index contributed by atoms with van der Waals surface area (Å²) in [4.78, 5) is 0. The number of halogens is 2. The van der Waals surface area contributed by atoms with Crippen LogP contribution in [0.5, 0.6) is 0 Å². The van der Waals surface area contributed by atoms with Crippen LogP contribution in [0.1, 0.15) is 18.4 Å². The molecule has 5 heteroatoms. The van der Waals surface area contributed by atoms with Gasteiger partial charge in [-0.1, -0.05) is 29.3 Å². The van der Waals surface area contributed by atoms with Crippen molar-refractivity contribution in [3.63, 3.8) is 0 Å². The maximum absolute atomic E-state index is 9.16. The van der Waals surface area contributed by atoms with E-state index in [0.717, 1.165) is 38.2 Å². The molecule has 106 valence electrons. The molecule has 0 aromatic heterocycles. The number of hydrogen-bond donors (Lipinski definition) is 2. The number of ether oxygens (including phenoxy) is 1. The van der Waals surface area contributed by atoms with Gasteiger partial charge >= 0.3 is 0 Å². The average Bonchev–Trinajstić information content (AvgIpc) is 2.81. The van der Waals surface area contributed by atoms with Gasteiger partial charge in [0.2, 0.25) is 0 Å². The molecule has 1 saturated heterocycles. The molecule has 1 aromatic rings. The summed E-state index contributed by atoms with van der Waals surface area (Å²) in [5.41, 5.74) is 1.09. The summed E-state index contributed by atoms with van der Waals surface area (Å²) in [6.45, 7) is 3.22. The molecule has 1 aliphatic heterocycles. The van der Waals surface area contributed by atoms with Crippen molar-refractivity contribution < 1.29 is 9.84 Å². The van der Waals surface area contributed by atoms with Gasteiger partial charge in [-0.05, 0) is 30.5 Å². The molecule has 1 heterocycles. The van der Waals surface area contributed by atoms with Crippen molar-refractivity contribution in [1.29, 1.82) is 0 Å². The van der Waals surface area contributed by atoms with Crippen molar-refractivity contribution in [2.45, 2.75) is 19.4 Å². The quantitative estimate of drug-likeness (QED) is 0.849. The smallest absolute Gasteiger partial charge is 0.0536 e. The lowest BCUT2D eigenvalue weighted by atomic mass is 9.84. The second kappa shape index (κ2) is 6.91. The van der Waals surface area contributed by atoms with E-state index in [2.05, 4.69) is 5.32 Å². The van der Waals surface area contributed by atoms with Crippen LogP contribution in [-0.2, 0) is 11.3 Å². The number of aliphatic hydroxyl groups excluding tert-OH is 1. The largest absolute Gasteiger partial charge is 0.396 e. The van der Waals surface area contributed by atoms with Crippen molar-refractivity contribution in [1.82, 2.24) is 5.32 Å². The Labute approximate surface area is 123 Å². The average molecular weight is 304 g/mol. The molecule has 19 heavy (non-hydrogen) atoms. The van der Waals surface area contributed by atoms with E-state index >= 15 is 0 Å². The summed E-state index contributed by atoms with van der Waals surface area (Å²) in [6.07, 6.45) is 1.77. The molecule has 1 aromatic carbocycles. The number of benzene rings is 1. The Kier molecular flexibility index (Phi) is 5.48. The van der Waals surface area contributed by atoms with Crippen LogP contribution in [0.4, 0.5) is 0 Å². The molecule has 0 saturated carbocycles. The van der Waals surface area contributed by atoms with Crippen LogP contribution in [0.15, 0.2) is 18.2 Å². The molecule has 0 amide bonds. The number of aliphatic hydroxyl groups is 1. The van der Waals surface area contributed by atoms with E-state index in [0.29, 0.717) is 16.6 Å². The van der Waals surface area contributed by atoms with Gasteiger partial charge in [0.15, 0.2) is 0 Å². The van der Waals surface area contributed by atoms with Crippen molar-refractivity contribution in [2.24, 2.45) is 5.41 Å². The standard InChI is InChI=1S/C14H19Cl2NO2/c15-12-2-1-11(13(16)7-12)8-17-9-14(3-5-18)4-6-19-10-14/h1-2,7,17-18H,3-6,8-10H2. The van der Waals surface area contributed by atoms with Gasteiger partial charge in [0.25, 0.3) is 0 Å². The van der Waals surface area contributed by atoms with Crippen LogP contribution in [-0.4, -0.2) is 31.5 Å². The third-order valence-corrected chi connectivity index (χ3v) is 4.24. The van der Waals surface area contributed by atoms with Crippen LogP contribution in [0.25, 0.3) is 0 Å². The number of rotatable bonds is 6. The first kappa shape index (κ1) is 15.1. The maximum Gasteiger partial charge on any atom is 0.0536 e. The fourth-order valence-corrected chi connectivity index (χ4v) is 2.91. The molecule has 3 nitrogen and oxygen atoms in total. The zero-order chi connectivity index (χ0) is 13.7. The van der Waals surface area contributed by atoms with Crippen LogP contribution >= 0.6 is 23.2 Å². The zero-order valence-corrected chi connectivity index (χ0v) is 12.3. The molecule has 1 aliphatic rings. The normalized spacial score (nSPS) is 22.9. The molecule has 1 fully saturated rings. The van der Waals surface area contributed by atoms with Crippen LogP contribution in [0.3, 0.4) is 0 Å². The van der Waals surface area contributed by atoms with Crippen molar-refractivity contribution >= 4 is 23.2 Å². The molecule has 0 aliphatic carbocycles. The Morgan fingerprint density at radius 3 is 2.84 bits per heavy atom. The Hall–Kier alpha value is -0.320. The van der Waals surface area contributed by atoms with E-state index in [4.69, 9.17) is 33.0 Å². The van der Waals surface area contributed by atoms with Gasteiger partial charge in [0.1, 0.15) is 0 Å². The summed E-state index contributed by atoms with van der Waals surface area (Å²) < 4.78 is 5.46. The van der Waals surface area contributed by atoms with Gasteiger partial charge in [0, 0.05) is 41.8 Å². The van der Waals surface area contributed by atoms with E-state index in [-0.39, 0.29) is 12.0 Å². The van der Waals surface area contributed by atoms with Gasteiger partial charge < -0.3 is 15.2 Å². The molecule has 0 radical (unpaired) electrons. The highest BCUT2D eigenvalue weighted by molar-refractivity contribution is 6.35. The molecule has 1 atom stereocenters. The molecule has 0 spiro atoms. The summed E-state index contributed by atoms with van der Waals surface area (Å²) in [6, 6.07) is 5.52. The monoisotopic (exact) mass is 303 g/mol. The van der Waals surface area contributed by atoms with E-state index in [1.165, 1.54) is 0 Å². The van der Waals surface area contributed by atoms with Crippen LogP contribution in [0, 0.1) is 5.41 Å². The molecular formula is C14H19Cl2NO2. The Bertz CT molecular complexity index is 420. The van der Waals surface area contributed by atoms with E-state index in [9.17, 15) is 0 Å². The zero-order valence-electron chi connectivity index (χ0n) is 10.8. The summed E-state index contributed by atoms with van der Waals surface area (Å²) >= 11 is 12.0. The third kappa shape index (κ3) is 4.07. The molecule has 1 unspecified atom stereocenters. The van der Waals surface area contributed by atoms with Gasteiger partial charge in [-0.25, -0.2) is 0 Å². The summed E-state index contributed by atoms with van der Waals surface area (Å²) in [5, 5.41) is 13.9. The van der Waals surface area contributed by atoms with E-state index in [1.54, 1.807) is 6.07 Å². The minimum Gasteiger partial charge on any atom is -0.396 e.